The van der Waals surface area contributed by atoms with Crippen LogP contribution in [0.1, 0.15) is 54.6 Å². The second kappa shape index (κ2) is 9.77. The SMILES string of the molecule is CCCNC(=O)n1nc(-c2ccc(NC(=O)c3ccccc3OC)cc2O)cc1C1CCC1. The molecule has 1 saturated carbocycles. The van der Waals surface area contributed by atoms with Gasteiger partial charge in [0, 0.05) is 29.8 Å². The van der Waals surface area contributed by atoms with E-state index in [1.54, 1.807) is 36.4 Å². The Labute approximate surface area is 192 Å². The highest BCUT2D eigenvalue weighted by Crippen LogP contribution is 2.39. The molecule has 1 aliphatic rings. The van der Waals surface area contributed by atoms with E-state index < -0.39 is 0 Å². The number of aromatic nitrogens is 2. The third kappa shape index (κ3) is 4.69. The summed E-state index contributed by atoms with van der Waals surface area (Å²) in [5.41, 5.74) is 2.70. The minimum absolute atomic E-state index is 0.0356. The van der Waals surface area contributed by atoms with Crippen molar-refractivity contribution in [3.05, 3.63) is 59.8 Å². The lowest BCUT2D eigenvalue weighted by Crippen LogP contribution is -2.32. The van der Waals surface area contributed by atoms with Crippen LogP contribution in [0.2, 0.25) is 0 Å². The van der Waals surface area contributed by atoms with Crippen molar-refractivity contribution in [2.45, 2.75) is 38.5 Å². The highest BCUT2D eigenvalue weighted by Gasteiger charge is 2.27. The van der Waals surface area contributed by atoms with Crippen molar-refractivity contribution >= 4 is 17.6 Å². The van der Waals surface area contributed by atoms with Crippen LogP contribution in [0.25, 0.3) is 11.3 Å². The number of amides is 2. The van der Waals surface area contributed by atoms with Crippen LogP contribution in [-0.2, 0) is 0 Å². The summed E-state index contributed by atoms with van der Waals surface area (Å²) in [5.74, 6) is 0.377. The van der Waals surface area contributed by atoms with Crippen molar-refractivity contribution in [2.24, 2.45) is 0 Å². The zero-order chi connectivity index (χ0) is 23.4. The van der Waals surface area contributed by atoms with Crippen molar-refractivity contribution in [1.29, 1.82) is 0 Å². The summed E-state index contributed by atoms with van der Waals surface area (Å²) in [7, 11) is 1.51. The number of methoxy groups -OCH3 is 1. The second-order valence-electron chi connectivity index (χ2n) is 8.11. The van der Waals surface area contributed by atoms with E-state index in [-0.39, 0.29) is 17.7 Å². The molecule has 1 aliphatic carbocycles. The zero-order valence-electron chi connectivity index (χ0n) is 18.8. The maximum Gasteiger partial charge on any atom is 0.342 e. The lowest BCUT2D eigenvalue weighted by Gasteiger charge is -2.25. The number of phenols is 1. The molecule has 3 N–H and O–H groups in total. The average Bonchev–Trinajstić information content (AvgIpc) is 3.20. The number of carbonyl (C=O) groups excluding carboxylic acids is 2. The molecule has 8 nitrogen and oxygen atoms in total. The molecule has 0 spiro atoms. The fourth-order valence-electron chi connectivity index (χ4n) is 3.85. The molecule has 0 bridgehead atoms. The molecule has 1 heterocycles. The van der Waals surface area contributed by atoms with Gasteiger partial charge in [-0.1, -0.05) is 25.5 Å². The van der Waals surface area contributed by atoms with Crippen molar-refractivity contribution in [1.82, 2.24) is 15.1 Å². The third-order valence-electron chi connectivity index (χ3n) is 5.86. The number of para-hydroxylation sites is 1. The summed E-state index contributed by atoms with van der Waals surface area (Å²) in [4.78, 5) is 25.3. The lowest BCUT2D eigenvalue weighted by molar-refractivity contribution is 0.102. The van der Waals surface area contributed by atoms with Crippen LogP contribution in [0.3, 0.4) is 0 Å². The Morgan fingerprint density at radius 3 is 2.64 bits per heavy atom. The van der Waals surface area contributed by atoms with Crippen molar-refractivity contribution < 1.29 is 19.4 Å². The van der Waals surface area contributed by atoms with Gasteiger partial charge in [0.25, 0.3) is 5.91 Å². The van der Waals surface area contributed by atoms with Crippen LogP contribution in [0.15, 0.2) is 48.5 Å². The van der Waals surface area contributed by atoms with Gasteiger partial charge >= 0.3 is 6.03 Å². The molecular formula is C25H28N4O4. The molecule has 3 aromatic rings. The van der Waals surface area contributed by atoms with E-state index in [2.05, 4.69) is 15.7 Å². The summed E-state index contributed by atoms with van der Waals surface area (Å²) in [6.45, 7) is 2.57. The zero-order valence-corrected chi connectivity index (χ0v) is 18.8. The van der Waals surface area contributed by atoms with Gasteiger partial charge in [-0.15, -0.1) is 0 Å². The van der Waals surface area contributed by atoms with E-state index in [0.29, 0.717) is 40.7 Å². The molecule has 2 aromatic carbocycles. The molecule has 1 fully saturated rings. The van der Waals surface area contributed by atoms with Gasteiger partial charge in [-0.25, -0.2) is 4.79 Å². The number of anilines is 1. The number of nitrogens with one attached hydrogen (secondary N) is 2. The molecule has 2 amide bonds. The first kappa shape index (κ1) is 22.4. The Bertz CT molecular complexity index is 1170. The monoisotopic (exact) mass is 448 g/mol. The van der Waals surface area contributed by atoms with Crippen molar-refractivity contribution in [2.75, 3.05) is 19.0 Å². The van der Waals surface area contributed by atoms with Gasteiger partial charge in [0.05, 0.1) is 24.1 Å². The van der Waals surface area contributed by atoms with Gasteiger partial charge in [-0.2, -0.15) is 9.78 Å². The Kier molecular flexibility index (Phi) is 6.63. The Morgan fingerprint density at radius 1 is 1.18 bits per heavy atom. The lowest BCUT2D eigenvalue weighted by atomic mass is 9.82. The predicted molar refractivity (Wildman–Crippen MR) is 126 cm³/mol. The number of benzene rings is 2. The maximum absolute atomic E-state index is 12.7. The Balaban J connectivity index is 1.58. The summed E-state index contributed by atoms with van der Waals surface area (Å²) < 4.78 is 6.66. The molecule has 0 unspecified atom stereocenters. The molecule has 172 valence electrons. The number of aromatic hydroxyl groups is 1. The number of phenolic OH excluding ortho intramolecular Hbond substituents is 1. The standard InChI is InChI=1S/C25H28N4O4/c1-3-13-26-25(32)29-21(16-7-6-8-16)15-20(28-29)18-12-11-17(14-22(18)30)27-24(31)19-9-4-5-10-23(19)33-2/h4-5,9-12,14-16,30H,3,6-8,13H2,1-2H3,(H,26,32)(H,27,31). The quantitative estimate of drug-likeness (QED) is 0.484. The molecular weight excluding hydrogens is 420 g/mol. The first-order valence-corrected chi connectivity index (χ1v) is 11.2. The highest BCUT2D eigenvalue weighted by atomic mass is 16.5. The topological polar surface area (TPSA) is 105 Å². The predicted octanol–water partition coefficient (Wildman–Crippen LogP) is 4.75. The molecule has 8 heteroatoms. The highest BCUT2D eigenvalue weighted by molar-refractivity contribution is 6.06. The largest absolute Gasteiger partial charge is 0.507 e. The Hall–Kier alpha value is -3.81. The van der Waals surface area contributed by atoms with E-state index >= 15 is 0 Å². The molecule has 0 aliphatic heterocycles. The van der Waals surface area contributed by atoms with E-state index in [1.165, 1.54) is 17.9 Å². The van der Waals surface area contributed by atoms with Gasteiger partial charge in [-0.05, 0) is 49.6 Å². The second-order valence-corrected chi connectivity index (χ2v) is 8.11. The van der Waals surface area contributed by atoms with E-state index in [0.717, 1.165) is 31.4 Å². The average molecular weight is 449 g/mol. The summed E-state index contributed by atoms with van der Waals surface area (Å²) in [5, 5.41) is 20.8. The molecule has 33 heavy (non-hydrogen) atoms. The number of ether oxygens (including phenoxy) is 1. The number of carbonyl (C=O) groups is 2. The number of hydrogen-bond donors (Lipinski definition) is 3. The van der Waals surface area contributed by atoms with Crippen LogP contribution in [0.4, 0.5) is 10.5 Å². The summed E-state index contributed by atoms with van der Waals surface area (Å²) >= 11 is 0. The van der Waals surface area contributed by atoms with Crippen LogP contribution >= 0.6 is 0 Å². The summed E-state index contributed by atoms with van der Waals surface area (Å²) in [6.07, 6.45) is 4.01. The first-order chi connectivity index (χ1) is 16.0. The first-order valence-electron chi connectivity index (χ1n) is 11.2. The fraction of sp³-hybridized carbons (Fsp3) is 0.320. The van der Waals surface area contributed by atoms with E-state index in [4.69, 9.17) is 4.74 Å². The fourth-order valence-corrected chi connectivity index (χ4v) is 3.85. The molecule has 0 atom stereocenters. The number of rotatable bonds is 7. The molecule has 0 radical (unpaired) electrons. The third-order valence-corrected chi connectivity index (χ3v) is 5.86. The summed E-state index contributed by atoms with van der Waals surface area (Å²) in [6, 6.07) is 13.4. The van der Waals surface area contributed by atoms with Crippen LogP contribution in [-0.4, -0.2) is 40.5 Å². The van der Waals surface area contributed by atoms with Crippen LogP contribution in [0, 0.1) is 0 Å². The molecule has 1 aromatic heterocycles. The molecule has 0 saturated heterocycles. The number of nitrogens with zero attached hydrogens (tertiary/aromatic N) is 2. The molecule has 4 rings (SSSR count). The smallest absolute Gasteiger partial charge is 0.342 e. The van der Waals surface area contributed by atoms with E-state index in [9.17, 15) is 14.7 Å². The minimum Gasteiger partial charge on any atom is -0.507 e. The van der Waals surface area contributed by atoms with E-state index in [1.807, 2.05) is 13.0 Å². The van der Waals surface area contributed by atoms with Crippen molar-refractivity contribution in [3.8, 4) is 22.8 Å². The van der Waals surface area contributed by atoms with Crippen molar-refractivity contribution in [3.63, 3.8) is 0 Å². The van der Waals surface area contributed by atoms with Gasteiger partial charge in [0.2, 0.25) is 0 Å². The van der Waals surface area contributed by atoms with Crippen LogP contribution < -0.4 is 15.4 Å². The van der Waals surface area contributed by atoms with Gasteiger partial charge < -0.3 is 20.5 Å². The van der Waals surface area contributed by atoms with Gasteiger partial charge in [-0.3, -0.25) is 4.79 Å². The number of hydrogen-bond acceptors (Lipinski definition) is 5. The van der Waals surface area contributed by atoms with Crippen LogP contribution in [0.5, 0.6) is 11.5 Å². The Morgan fingerprint density at radius 2 is 1.97 bits per heavy atom. The minimum atomic E-state index is -0.344. The van der Waals surface area contributed by atoms with Gasteiger partial charge in [0.1, 0.15) is 11.5 Å². The maximum atomic E-state index is 12.7. The van der Waals surface area contributed by atoms with Gasteiger partial charge in [0.15, 0.2) is 0 Å². The normalized spacial score (nSPS) is 13.3.